The summed E-state index contributed by atoms with van der Waals surface area (Å²) in [7, 11) is 0. The fourth-order valence-electron chi connectivity index (χ4n) is 1.73. The van der Waals surface area contributed by atoms with E-state index in [4.69, 9.17) is 5.73 Å². The Balaban J connectivity index is 2.40. The van der Waals surface area contributed by atoms with Gasteiger partial charge in [-0.05, 0) is 37.1 Å². The maximum atomic E-state index is 11.9. The van der Waals surface area contributed by atoms with Crippen LogP contribution in [0.4, 0.5) is 0 Å². The lowest BCUT2D eigenvalue weighted by atomic mass is 9.88. The predicted octanol–water partition coefficient (Wildman–Crippen LogP) is 2.48. The van der Waals surface area contributed by atoms with Crippen molar-refractivity contribution in [1.82, 2.24) is 5.32 Å². The van der Waals surface area contributed by atoms with Crippen molar-refractivity contribution in [3.63, 3.8) is 0 Å². The lowest BCUT2D eigenvalue weighted by Gasteiger charge is -2.22. The summed E-state index contributed by atoms with van der Waals surface area (Å²) in [6.45, 7) is 5.04. The van der Waals surface area contributed by atoms with Crippen LogP contribution in [-0.4, -0.2) is 19.0 Å². The second-order valence-corrected chi connectivity index (χ2v) is 5.97. The fraction of sp³-hybridized carbons (Fsp3) is 0.500. The van der Waals surface area contributed by atoms with Crippen molar-refractivity contribution < 1.29 is 4.79 Å². The first-order valence-electron chi connectivity index (χ1n) is 6.18. The first-order valence-corrected chi connectivity index (χ1v) is 6.98. The molecule has 0 radical (unpaired) electrons. The minimum Gasteiger partial charge on any atom is -0.355 e. The molecule has 3 nitrogen and oxygen atoms in total. The molecule has 0 fully saturated rings. The molecule has 18 heavy (non-hydrogen) atoms. The molecule has 1 amide bonds. The lowest BCUT2D eigenvalue weighted by molar-refractivity contribution is -0.129. The summed E-state index contributed by atoms with van der Waals surface area (Å²) in [5.74, 6) is 0.0722. The molecule has 0 atom stereocenters. The fourth-order valence-corrected chi connectivity index (χ4v) is 2.17. The Bertz CT molecular complexity index is 405. The predicted molar refractivity (Wildman–Crippen MR) is 78.3 cm³/mol. The van der Waals surface area contributed by atoms with E-state index in [1.165, 1.54) is 5.56 Å². The van der Waals surface area contributed by atoms with E-state index in [1.54, 1.807) is 0 Å². The lowest BCUT2D eigenvalue weighted by Crippen LogP contribution is -2.39. The zero-order valence-electron chi connectivity index (χ0n) is 11.0. The van der Waals surface area contributed by atoms with Crippen LogP contribution in [0, 0.1) is 5.41 Å². The number of nitrogens with two attached hydrogens (primary N) is 1. The van der Waals surface area contributed by atoms with E-state index in [2.05, 4.69) is 33.4 Å². The Morgan fingerprint density at radius 2 is 2.17 bits per heavy atom. The number of hydrogen-bond donors (Lipinski definition) is 2. The van der Waals surface area contributed by atoms with Crippen molar-refractivity contribution >= 4 is 21.8 Å². The van der Waals surface area contributed by atoms with Gasteiger partial charge in [0.2, 0.25) is 5.91 Å². The summed E-state index contributed by atoms with van der Waals surface area (Å²) in [5.41, 5.74) is 6.33. The molecular weight excluding hydrogens is 292 g/mol. The maximum Gasteiger partial charge on any atom is 0.225 e. The van der Waals surface area contributed by atoms with Gasteiger partial charge in [0, 0.05) is 16.4 Å². The quantitative estimate of drug-likeness (QED) is 0.848. The molecule has 0 aliphatic rings. The molecule has 0 heterocycles. The summed E-state index contributed by atoms with van der Waals surface area (Å²) in [6, 6.07) is 8.12. The molecule has 0 spiro atoms. The highest BCUT2D eigenvalue weighted by molar-refractivity contribution is 9.10. The average Bonchev–Trinajstić information content (AvgIpc) is 2.28. The van der Waals surface area contributed by atoms with Gasteiger partial charge in [-0.3, -0.25) is 4.79 Å². The van der Waals surface area contributed by atoms with Crippen molar-refractivity contribution in [3.05, 3.63) is 34.3 Å². The number of amides is 1. The highest BCUT2D eigenvalue weighted by atomic mass is 79.9. The number of nitrogens with one attached hydrogen (secondary N) is 1. The Morgan fingerprint density at radius 3 is 2.78 bits per heavy atom. The van der Waals surface area contributed by atoms with Gasteiger partial charge < -0.3 is 11.1 Å². The van der Waals surface area contributed by atoms with E-state index in [1.807, 2.05) is 26.0 Å². The van der Waals surface area contributed by atoms with Crippen LogP contribution in [-0.2, 0) is 11.2 Å². The van der Waals surface area contributed by atoms with Gasteiger partial charge in [-0.2, -0.15) is 0 Å². The van der Waals surface area contributed by atoms with Crippen LogP contribution in [0.3, 0.4) is 0 Å². The topological polar surface area (TPSA) is 55.1 Å². The number of halogens is 1. The van der Waals surface area contributed by atoms with E-state index < -0.39 is 0 Å². The Morgan fingerprint density at radius 1 is 1.44 bits per heavy atom. The monoisotopic (exact) mass is 312 g/mol. The number of carbonyl (C=O) groups excluding carboxylic acids is 1. The Labute approximate surface area is 117 Å². The minimum absolute atomic E-state index is 0.0722. The molecule has 1 rings (SSSR count). The number of hydrogen-bond acceptors (Lipinski definition) is 2. The van der Waals surface area contributed by atoms with Gasteiger partial charge >= 0.3 is 0 Å². The SMILES string of the molecule is CC(C)(CCN)C(=O)NCCc1cccc(Br)c1. The zero-order valence-corrected chi connectivity index (χ0v) is 12.6. The van der Waals surface area contributed by atoms with Gasteiger partial charge in [-0.25, -0.2) is 0 Å². The van der Waals surface area contributed by atoms with E-state index in [-0.39, 0.29) is 11.3 Å². The summed E-state index contributed by atoms with van der Waals surface area (Å²) in [4.78, 5) is 11.9. The molecule has 0 saturated carbocycles. The molecular formula is C14H21BrN2O. The van der Waals surface area contributed by atoms with Gasteiger partial charge in [0.15, 0.2) is 0 Å². The van der Waals surface area contributed by atoms with Crippen molar-refractivity contribution in [2.75, 3.05) is 13.1 Å². The standard InChI is InChI=1S/C14H21BrN2O/c1-14(2,7-8-16)13(18)17-9-6-11-4-3-5-12(15)10-11/h3-5,10H,6-9,16H2,1-2H3,(H,17,18). The van der Waals surface area contributed by atoms with Gasteiger partial charge in [-0.15, -0.1) is 0 Å². The summed E-state index contributed by atoms with van der Waals surface area (Å²) in [5, 5.41) is 2.97. The molecule has 1 aromatic rings. The molecule has 100 valence electrons. The number of carbonyl (C=O) groups is 1. The van der Waals surface area contributed by atoms with E-state index in [9.17, 15) is 4.79 Å². The molecule has 0 aliphatic heterocycles. The summed E-state index contributed by atoms with van der Waals surface area (Å²) < 4.78 is 1.06. The third-order valence-corrected chi connectivity index (χ3v) is 3.47. The van der Waals surface area contributed by atoms with Crippen LogP contribution in [0.5, 0.6) is 0 Å². The van der Waals surface area contributed by atoms with E-state index in [0.717, 1.165) is 10.9 Å². The first-order chi connectivity index (χ1) is 8.45. The third kappa shape index (κ3) is 4.78. The van der Waals surface area contributed by atoms with Crippen molar-refractivity contribution in [2.24, 2.45) is 11.1 Å². The zero-order chi connectivity index (χ0) is 13.6. The highest BCUT2D eigenvalue weighted by Gasteiger charge is 2.25. The highest BCUT2D eigenvalue weighted by Crippen LogP contribution is 2.19. The smallest absolute Gasteiger partial charge is 0.225 e. The minimum atomic E-state index is -0.383. The van der Waals surface area contributed by atoms with Crippen LogP contribution in [0.1, 0.15) is 25.8 Å². The molecule has 4 heteroatoms. The summed E-state index contributed by atoms with van der Waals surface area (Å²) in [6.07, 6.45) is 1.54. The Kier molecular flexibility index (Phi) is 5.82. The second kappa shape index (κ2) is 6.90. The van der Waals surface area contributed by atoms with Gasteiger partial charge in [0.25, 0.3) is 0 Å². The molecule has 0 bridgehead atoms. The summed E-state index contributed by atoms with van der Waals surface area (Å²) >= 11 is 3.43. The van der Waals surface area contributed by atoms with Gasteiger partial charge in [-0.1, -0.05) is 41.9 Å². The molecule has 0 saturated heterocycles. The van der Waals surface area contributed by atoms with Crippen LogP contribution in [0.2, 0.25) is 0 Å². The Hall–Kier alpha value is -0.870. The van der Waals surface area contributed by atoms with Crippen LogP contribution < -0.4 is 11.1 Å². The average molecular weight is 313 g/mol. The maximum absolute atomic E-state index is 11.9. The van der Waals surface area contributed by atoms with Crippen LogP contribution >= 0.6 is 15.9 Å². The molecule has 0 unspecified atom stereocenters. The normalized spacial score (nSPS) is 11.3. The largest absolute Gasteiger partial charge is 0.355 e. The van der Waals surface area contributed by atoms with Crippen molar-refractivity contribution in [2.45, 2.75) is 26.7 Å². The second-order valence-electron chi connectivity index (χ2n) is 5.06. The van der Waals surface area contributed by atoms with E-state index >= 15 is 0 Å². The molecule has 0 aliphatic carbocycles. The van der Waals surface area contributed by atoms with Gasteiger partial charge in [0.1, 0.15) is 0 Å². The van der Waals surface area contributed by atoms with Crippen LogP contribution in [0.25, 0.3) is 0 Å². The number of benzene rings is 1. The van der Waals surface area contributed by atoms with Crippen LogP contribution in [0.15, 0.2) is 28.7 Å². The third-order valence-electron chi connectivity index (χ3n) is 2.97. The molecule has 0 aromatic heterocycles. The van der Waals surface area contributed by atoms with Crippen molar-refractivity contribution in [3.8, 4) is 0 Å². The molecule has 3 N–H and O–H groups in total. The number of rotatable bonds is 6. The van der Waals surface area contributed by atoms with Gasteiger partial charge in [0.05, 0.1) is 0 Å². The first kappa shape index (κ1) is 15.2. The van der Waals surface area contributed by atoms with E-state index in [0.29, 0.717) is 19.5 Å². The molecule has 1 aromatic carbocycles. The van der Waals surface area contributed by atoms with Crippen molar-refractivity contribution in [1.29, 1.82) is 0 Å².